The smallest absolute Gasteiger partial charge is 0.306 e. The Hall–Kier alpha value is -1.92. The summed E-state index contributed by atoms with van der Waals surface area (Å²) in [5, 5.41) is 13.0. The summed E-state index contributed by atoms with van der Waals surface area (Å²) in [5.41, 5.74) is 2.10. The molecule has 0 atom stereocenters. The average molecular weight is 338 g/mol. The second kappa shape index (κ2) is 7.57. The molecule has 1 saturated heterocycles. The van der Waals surface area contributed by atoms with Gasteiger partial charge in [-0.2, -0.15) is 4.98 Å². The number of hydrogen-bond acceptors (Lipinski definition) is 5. The summed E-state index contributed by atoms with van der Waals surface area (Å²) in [6.45, 7) is 4.10. The third-order valence-corrected chi connectivity index (χ3v) is 4.04. The molecule has 0 amide bonds. The molecule has 7 heteroatoms. The van der Waals surface area contributed by atoms with Gasteiger partial charge < -0.3 is 9.63 Å². The zero-order valence-corrected chi connectivity index (χ0v) is 13.8. The van der Waals surface area contributed by atoms with E-state index in [0.29, 0.717) is 31.1 Å². The zero-order valence-electron chi connectivity index (χ0n) is 12.9. The van der Waals surface area contributed by atoms with Crippen molar-refractivity contribution in [2.75, 3.05) is 13.1 Å². The van der Waals surface area contributed by atoms with Crippen LogP contribution in [0.25, 0.3) is 11.4 Å². The fraction of sp³-hybridized carbons (Fsp3) is 0.438. The van der Waals surface area contributed by atoms with E-state index < -0.39 is 5.97 Å². The normalized spacial score (nSPS) is 16.0. The van der Waals surface area contributed by atoms with Crippen LogP contribution in [0.5, 0.6) is 0 Å². The lowest BCUT2D eigenvalue weighted by Gasteiger charge is -2.28. The summed E-state index contributed by atoms with van der Waals surface area (Å²) in [7, 11) is 0. The number of aryl methyl sites for hydroxylation is 1. The van der Waals surface area contributed by atoms with Gasteiger partial charge in [0.05, 0.1) is 12.5 Å². The van der Waals surface area contributed by atoms with E-state index in [2.05, 4.69) is 15.0 Å². The maximum atomic E-state index is 10.9. The lowest BCUT2D eigenvalue weighted by atomic mass is 9.97. The number of likely N-dealkylation sites (tertiary alicyclic amines) is 1. The first-order chi connectivity index (χ1) is 10.6. The average Bonchev–Trinajstić information content (AvgIpc) is 2.96. The number of piperidine rings is 1. The molecular weight excluding hydrogens is 318 g/mol. The van der Waals surface area contributed by atoms with Gasteiger partial charge in [0, 0.05) is 5.56 Å². The van der Waals surface area contributed by atoms with Crippen molar-refractivity contribution in [3.05, 3.63) is 35.7 Å². The van der Waals surface area contributed by atoms with E-state index in [9.17, 15) is 4.79 Å². The van der Waals surface area contributed by atoms with Gasteiger partial charge in [0.1, 0.15) is 0 Å². The quantitative estimate of drug-likeness (QED) is 0.924. The molecule has 1 fully saturated rings. The fourth-order valence-corrected chi connectivity index (χ4v) is 2.75. The number of carboxylic acid groups (broad SMARTS) is 1. The molecular formula is C16H20ClN3O3. The highest BCUT2D eigenvalue weighted by molar-refractivity contribution is 5.85. The Morgan fingerprint density at radius 2 is 2.13 bits per heavy atom. The summed E-state index contributed by atoms with van der Waals surface area (Å²) in [6, 6.07) is 7.97. The van der Waals surface area contributed by atoms with Crippen molar-refractivity contribution in [2.24, 2.45) is 5.92 Å². The Balaban J connectivity index is 0.00000192. The number of rotatable bonds is 4. The topological polar surface area (TPSA) is 79.5 Å². The largest absolute Gasteiger partial charge is 0.481 e. The van der Waals surface area contributed by atoms with E-state index in [0.717, 1.165) is 24.2 Å². The van der Waals surface area contributed by atoms with Crippen LogP contribution in [0.4, 0.5) is 0 Å². The van der Waals surface area contributed by atoms with Gasteiger partial charge in [0.25, 0.3) is 0 Å². The highest BCUT2D eigenvalue weighted by atomic mass is 35.5. The van der Waals surface area contributed by atoms with E-state index >= 15 is 0 Å². The first kappa shape index (κ1) is 17.4. The van der Waals surface area contributed by atoms with Crippen LogP contribution in [0.1, 0.15) is 24.3 Å². The van der Waals surface area contributed by atoms with Crippen LogP contribution in [-0.4, -0.2) is 39.2 Å². The number of carboxylic acids is 1. The molecule has 0 saturated carbocycles. The molecule has 2 heterocycles. The van der Waals surface area contributed by atoms with Crippen molar-refractivity contribution in [1.29, 1.82) is 0 Å². The fourth-order valence-electron chi connectivity index (χ4n) is 2.75. The highest BCUT2D eigenvalue weighted by Crippen LogP contribution is 2.20. The SMILES string of the molecule is Cc1cccc(-c2noc(CN3CCC(C(=O)O)CC3)n2)c1.Cl. The minimum Gasteiger partial charge on any atom is -0.481 e. The molecule has 1 aromatic carbocycles. The van der Waals surface area contributed by atoms with E-state index in [4.69, 9.17) is 9.63 Å². The molecule has 1 aromatic heterocycles. The van der Waals surface area contributed by atoms with Crippen LogP contribution in [0.15, 0.2) is 28.8 Å². The predicted octanol–water partition coefficient (Wildman–Crippen LogP) is 2.76. The molecule has 0 unspecified atom stereocenters. The van der Waals surface area contributed by atoms with E-state index in [1.54, 1.807) is 0 Å². The first-order valence-electron chi connectivity index (χ1n) is 7.46. The number of benzene rings is 1. The molecule has 0 aliphatic carbocycles. The Kier molecular flexibility index (Phi) is 5.74. The minimum atomic E-state index is -0.695. The number of halogens is 1. The van der Waals surface area contributed by atoms with Crippen LogP contribution in [0, 0.1) is 12.8 Å². The second-order valence-corrected chi connectivity index (χ2v) is 5.77. The number of aliphatic carboxylic acids is 1. The molecule has 2 aromatic rings. The Morgan fingerprint density at radius 1 is 1.39 bits per heavy atom. The number of aromatic nitrogens is 2. The maximum absolute atomic E-state index is 10.9. The van der Waals surface area contributed by atoms with E-state index in [1.165, 1.54) is 0 Å². The van der Waals surface area contributed by atoms with Gasteiger partial charge in [-0.05, 0) is 38.9 Å². The van der Waals surface area contributed by atoms with Crippen molar-refractivity contribution < 1.29 is 14.4 Å². The van der Waals surface area contributed by atoms with Crippen molar-refractivity contribution in [3.8, 4) is 11.4 Å². The minimum absolute atomic E-state index is 0. The molecule has 6 nitrogen and oxygen atoms in total. The van der Waals surface area contributed by atoms with Gasteiger partial charge in [-0.25, -0.2) is 0 Å². The van der Waals surface area contributed by atoms with Crippen molar-refractivity contribution in [1.82, 2.24) is 15.0 Å². The van der Waals surface area contributed by atoms with Gasteiger partial charge in [0.2, 0.25) is 11.7 Å². The molecule has 23 heavy (non-hydrogen) atoms. The van der Waals surface area contributed by atoms with Gasteiger partial charge >= 0.3 is 5.97 Å². The Bertz CT molecular complexity index is 666. The van der Waals surface area contributed by atoms with Gasteiger partial charge in [-0.1, -0.05) is 28.9 Å². The Labute approximate surface area is 140 Å². The molecule has 3 rings (SSSR count). The number of nitrogens with zero attached hydrogens (tertiary/aromatic N) is 3. The highest BCUT2D eigenvalue weighted by Gasteiger charge is 2.25. The lowest BCUT2D eigenvalue weighted by molar-refractivity contribution is -0.143. The van der Waals surface area contributed by atoms with Crippen molar-refractivity contribution >= 4 is 18.4 Å². The van der Waals surface area contributed by atoms with Gasteiger partial charge in [0.15, 0.2) is 0 Å². The van der Waals surface area contributed by atoms with E-state index in [-0.39, 0.29) is 18.3 Å². The zero-order chi connectivity index (χ0) is 15.5. The van der Waals surface area contributed by atoms with Gasteiger partial charge in [-0.3, -0.25) is 9.69 Å². The van der Waals surface area contributed by atoms with Crippen molar-refractivity contribution in [3.63, 3.8) is 0 Å². The molecule has 0 radical (unpaired) electrons. The Morgan fingerprint density at radius 3 is 2.78 bits per heavy atom. The maximum Gasteiger partial charge on any atom is 0.306 e. The van der Waals surface area contributed by atoms with Crippen LogP contribution in [0.2, 0.25) is 0 Å². The number of hydrogen-bond donors (Lipinski definition) is 1. The molecule has 0 spiro atoms. The second-order valence-electron chi connectivity index (χ2n) is 5.77. The summed E-state index contributed by atoms with van der Waals surface area (Å²) in [4.78, 5) is 17.5. The summed E-state index contributed by atoms with van der Waals surface area (Å²) < 4.78 is 5.32. The van der Waals surface area contributed by atoms with E-state index in [1.807, 2.05) is 31.2 Å². The molecule has 1 N–H and O–H groups in total. The molecule has 1 aliphatic rings. The van der Waals surface area contributed by atoms with Crippen molar-refractivity contribution in [2.45, 2.75) is 26.3 Å². The van der Waals surface area contributed by atoms with Crippen LogP contribution >= 0.6 is 12.4 Å². The lowest BCUT2D eigenvalue weighted by Crippen LogP contribution is -2.35. The molecule has 1 aliphatic heterocycles. The van der Waals surface area contributed by atoms with Crippen LogP contribution in [-0.2, 0) is 11.3 Å². The number of carbonyl (C=O) groups is 1. The monoisotopic (exact) mass is 337 g/mol. The molecule has 124 valence electrons. The van der Waals surface area contributed by atoms with Crippen LogP contribution < -0.4 is 0 Å². The standard InChI is InChI=1S/C16H19N3O3.ClH/c1-11-3-2-4-13(9-11)15-17-14(22-18-15)10-19-7-5-12(6-8-19)16(20)21;/h2-4,9,12H,5-8,10H2,1H3,(H,20,21);1H. The first-order valence-corrected chi connectivity index (χ1v) is 7.46. The molecule has 0 bridgehead atoms. The third-order valence-electron chi connectivity index (χ3n) is 4.04. The predicted molar refractivity (Wildman–Crippen MR) is 87.4 cm³/mol. The summed E-state index contributed by atoms with van der Waals surface area (Å²) >= 11 is 0. The van der Waals surface area contributed by atoms with Gasteiger partial charge in [-0.15, -0.1) is 12.4 Å². The summed E-state index contributed by atoms with van der Waals surface area (Å²) in [6.07, 6.45) is 1.35. The third kappa shape index (κ3) is 4.30. The summed E-state index contributed by atoms with van der Waals surface area (Å²) in [5.74, 6) is 0.255. The van der Waals surface area contributed by atoms with Crippen LogP contribution in [0.3, 0.4) is 0 Å².